The number of aromatic nitrogens is 2. The number of aromatic amines is 1. The number of hydrogen-bond donors (Lipinski definition) is 2. The molecule has 2 N–H and O–H groups in total. The maximum atomic E-state index is 12.1. The molecule has 98 valence electrons. The first-order valence-electron chi connectivity index (χ1n) is 6.28. The number of fused-ring (bicyclic) bond motifs is 1. The fourth-order valence-electron chi connectivity index (χ4n) is 2.22. The summed E-state index contributed by atoms with van der Waals surface area (Å²) in [5, 5.41) is 2.90. The van der Waals surface area contributed by atoms with Gasteiger partial charge < -0.3 is 15.0 Å². The van der Waals surface area contributed by atoms with Crippen molar-refractivity contribution >= 4 is 5.91 Å². The van der Waals surface area contributed by atoms with Crippen LogP contribution in [0.15, 0.2) is 36.7 Å². The number of amides is 1. The number of carbonyl (C=O) groups excluding carboxylic acids is 1. The zero-order valence-corrected chi connectivity index (χ0v) is 10.6. The van der Waals surface area contributed by atoms with E-state index in [1.54, 1.807) is 12.4 Å². The van der Waals surface area contributed by atoms with E-state index in [9.17, 15) is 4.79 Å². The third-order valence-electron chi connectivity index (χ3n) is 3.23. The van der Waals surface area contributed by atoms with Crippen LogP contribution in [0.25, 0.3) is 0 Å². The van der Waals surface area contributed by atoms with Gasteiger partial charge in [-0.2, -0.15) is 0 Å². The lowest BCUT2D eigenvalue weighted by molar-refractivity contribution is -0.127. The highest BCUT2D eigenvalue weighted by atomic mass is 16.5. The molecule has 2 atom stereocenters. The summed E-state index contributed by atoms with van der Waals surface area (Å²) in [6.07, 6.45) is 3.57. The minimum atomic E-state index is -0.449. The number of benzene rings is 1. The van der Waals surface area contributed by atoms with Gasteiger partial charge in [-0.05, 0) is 18.6 Å². The zero-order valence-electron chi connectivity index (χ0n) is 10.6. The van der Waals surface area contributed by atoms with Gasteiger partial charge in [0.1, 0.15) is 11.6 Å². The van der Waals surface area contributed by atoms with Crippen molar-refractivity contribution in [2.24, 2.45) is 0 Å². The predicted molar refractivity (Wildman–Crippen MR) is 69.7 cm³/mol. The molecule has 3 rings (SSSR count). The van der Waals surface area contributed by atoms with Crippen molar-refractivity contribution in [3.05, 3.63) is 48.0 Å². The Morgan fingerprint density at radius 3 is 3.11 bits per heavy atom. The molecule has 5 nitrogen and oxygen atoms in total. The van der Waals surface area contributed by atoms with Crippen molar-refractivity contribution < 1.29 is 9.53 Å². The molecule has 0 bridgehead atoms. The van der Waals surface area contributed by atoms with Crippen LogP contribution in [0.5, 0.6) is 5.75 Å². The number of hydrogen-bond acceptors (Lipinski definition) is 3. The van der Waals surface area contributed by atoms with Gasteiger partial charge in [-0.15, -0.1) is 0 Å². The second-order valence-corrected chi connectivity index (χ2v) is 4.62. The summed E-state index contributed by atoms with van der Waals surface area (Å²) in [5.41, 5.74) is 1.08. The Bertz CT molecular complexity index is 555. The second kappa shape index (κ2) is 4.76. The number of imidazole rings is 1. The molecule has 2 unspecified atom stereocenters. The van der Waals surface area contributed by atoms with E-state index in [0.29, 0.717) is 6.42 Å². The molecule has 1 amide bonds. The molecule has 19 heavy (non-hydrogen) atoms. The van der Waals surface area contributed by atoms with E-state index in [1.807, 2.05) is 31.2 Å². The molecule has 5 heteroatoms. The number of nitrogens with one attached hydrogen (secondary N) is 2. The van der Waals surface area contributed by atoms with Gasteiger partial charge in [-0.1, -0.05) is 18.2 Å². The molecule has 0 fully saturated rings. The lowest BCUT2D eigenvalue weighted by atomic mass is 10.1. The van der Waals surface area contributed by atoms with Crippen molar-refractivity contribution in [1.82, 2.24) is 15.3 Å². The first kappa shape index (κ1) is 11.8. The van der Waals surface area contributed by atoms with Crippen LogP contribution >= 0.6 is 0 Å². The van der Waals surface area contributed by atoms with Gasteiger partial charge in [0.05, 0.1) is 6.04 Å². The van der Waals surface area contributed by atoms with Crippen LogP contribution in [0.2, 0.25) is 0 Å². The molecule has 2 aromatic rings. The SMILES string of the molecule is CC(NC(=O)C1Cc2ccccc2O1)c1ncc[nH]1. The van der Waals surface area contributed by atoms with Crippen molar-refractivity contribution in [3.63, 3.8) is 0 Å². The Morgan fingerprint density at radius 1 is 1.53 bits per heavy atom. The maximum absolute atomic E-state index is 12.1. The average molecular weight is 257 g/mol. The Hall–Kier alpha value is -2.30. The van der Waals surface area contributed by atoms with E-state index in [1.165, 1.54) is 0 Å². The van der Waals surface area contributed by atoms with Crippen LogP contribution in [0.3, 0.4) is 0 Å². The Morgan fingerprint density at radius 2 is 2.37 bits per heavy atom. The molecule has 1 aromatic carbocycles. The average Bonchev–Trinajstić information content (AvgIpc) is 3.07. The highest BCUT2D eigenvalue weighted by Crippen LogP contribution is 2.28. The Labute approximate surface area is 111 Å². The molecule has 0 radical (unpaired) electrons. The molecule has 0 saturated heterocycles. The molecule has 1 aromatic heterocycles. The molecule has 0 aliphatic carbocycles. The summed E-state index contributed by atoms with van der Waals surface area (Å²) in [6, 6.07) is 7.57. The monoisotopic (exact) mass is 257 g/mol. The van der Waals surface area contributed by atoms with Gasteiger partial charge in [-0.3, -0.25) is 4.79 Å². The van der Waals surface area contributed by atoms with Gasteiger partial charge in [0.25, 0.3) is 5.91 Å². The summed E-state index contributed by atoms with van der Waals surface area (Å²) in [6.45, 7) is 1.89. The highest BCUT2D eigenvalue weighted by Gasteiger charge is 2.29. The first-order chi connectivity index (χ1) is 9.24. The first-order valence-corrected chi connectivity index (χ1v) is 6.28. The Kier molecular flexibility index (Phi) is 2.95. The van der Waals surface area contributed by atoms with Crippen molar-refractivity contribution in [2.45, 2.75) is 25.5 Å². The van der Waals surface area contributed by atoms with Gasteiger partial charge >= 0.3 is 0 Å². The maximum Gasteiger partial charge on any atom is 0.262 e. The predicted octanol–water partition coefficient (Wildman–Crippen LogP) is 1.59. The third-order valence-corrected chi connectivity index (χ3v) is 3.23. The van der Waals surface area contributed by atoms with Crippen LogP contribution in [0.4, 0.5) is 0 Å². The minimum Gasteiger partial charge on any atom is -0.480 e. The van der Waals surface area contributed by atoms with E-state index in [4.69, 9.17) is 4.74 Å². The smallest absolute Gasteiger partial charge is 0.262 e. The van der Waals surface area contributed by atoms with Crippen LogP contribution in [0, 0.1) is 0 Å². The zero-order chi connectivity index (χ0) is 13.2. The molecule has 0 spiro atoms. The number of rotatable bonds is 3. The minimum absolute atomic E-state index is 0.111. The summed E-state index contributed by atoms with van der Waals surface area (Å²) in [4.78, 5) is 19.2. The fourth-order valence-corrected chi connectivity index (χ4v) is 2.22. The lowest BCUT2D eigenvalue weighted by Gasteiger charge is -2.15. The number of H-pyrrole nitrogens is 1. The summed E-state index contributed by atoms with van der Waals surface area (Å²) >= 11 is 0. The van der Waals surface area contributed by atoms with Crippen molar-refractivity contribution in [2.75, 3.05) is 0 Å². The standard InChI is InChI=1S/C14H15N3O2/c1-9(13-15-6-7-16-13)17-14(18)12-8-10-4-2-3-5-11(10)19-12/h2-7,9,12H,8H2,1H3,(H,15,16)(H,17,18). The number of para-hydroxylation sites is 1. The topological polar surface area (TPSA) is 67.0 Å². The van der Waals surface area contributed by atoms with Gasteiger partial charge in [0.15, 0.2) is 6.10 Å². The van der Waals surface area contributed by atoms with Gasteiger partial charge in [-0.25, -0.2) is 4.98 Å². The largest absolute Gasteiger partial charge is 0.480 e. The van der Waals surface area contributed by atoms with Crippen molar-refractivity contribution in [3.8, 4) is 5.75 Å². The van der Waals surface area contributed by atoms with Gasteiger partial charge in [0, 0.05) is 18.8 Å². The molecule has 1 aliphatic heterocycles. The second-order valence-electron chi connectivity index (χ2n) is 4.62. The van der Waals surface area contributed by atoms with E-state index in [0.717, 1.165) is 17.1 Å². The summed E-state index contributed by atoms with van der Waals surface area (Å²) < 4.78 is 5.64. The highest BCUT2D eigenvalue weighted by molar-refractivity contribution is 5.82. The molecular weight excluding hydrogens is 242 g/mol. The van der Waals surface area contributed by atoms with E-state index in [2.05, 4.69) is 15.3 Å². The number of nitrogens with zero attached hydrogens (tertiary/aromatic N) is 1. The quantitative estimate of drug-likeness (QED) is 0.877. The third kappa shape index (κ3) is 2.31. The number of ether oxygens (including phenoxy) is 1. The van der Waals surface area contributed by atoms with E-state index in [-0.39, 0.29) is 11.9 Å². The normalized spacial score (nSPS) is 18.5. The Balaban J connectivity index is 1.64. The van der Waals surface area contributed by atoms with E-state index >= 15 is 0 Å². The van der Waals surface area contributed by atoms with Crippen LogP contribution in [-0.2, 0) is 11.2 Å². The summed E-state index contributed by atoms with van der Waals surface area (Å²) in [5.74, 6) is 1.43. The fraction of sp³-hybridized carbons (Fsp3) is 0.286. The van der Waals surface area contributed by atoms with Crippen molar-refractivity contribution in [1.29, 1.82) is 0 Å². The van der Waals surface area contributed by atoms with Crippen LogP contribution < -0.4 is 10.1 Å². The van der Waals surface area contributed by atoms with E-state index < -0.39 is 6.10 Å². The number of carbonyl (C=O) groups is 1. The van der Waals surface area contributed by atoms with Gasteiger partial charge in [0.2, 0.25) is 0 Å². The lowest BCUT2D eigenvalue weighted by Crippen LogP contribution is -2.39. The molecule has 1 aliphatic rings. The molecule has 0 saturated carbocycles. The summed E-state index contributed by atoms with van der Waals surface area (Å²) in [7, 11) is 0. The molecule has 2 heterocycles. The molecular formula is C14H15N3O2. The van der Waals surface area contributed by atoms with Crippen LogP contribution in [-0.4, -0.2) is 22.0 Å². The van der Waals surface area contributed by atoms with Crippen LogP contribution in [0.1, 0.15) is 24.4 Å².